The van der Waals surface area contributed by atoms with Crippen LogP contribution in [-0.2, 0) is 11.0 Å². The second-order valence-electron chi connectivity index (χ2n) is 8.03. The number of hydrogen-bond acceptors (Lipinski definition) is 4. The summed E-state index contributed by atoms with van der Waals surface area (Å²) < 4.78 is 38.4. The molecule has 2 aliphatic heterocycles. The highest BCUT2D eigenvalue weighted by Crippen LogP contribution is 2.35. The standard InChI is InChI=1S/C20H27ClF3N5O2/c1-13(2)29-6-5-25-17(12-29)18(30)27-7-9-28(10-8-27)19(31)26-14-3-4-15(16(21)11-14)20(22,23)24/h3-4,11,13,17,25H,5-10,12H2,1-2H3,(H,26,31)/t17-/m1/s1. The minimum Gasteiger partial charge on any atom is -0.338 e. The maximum absolute atomic E-state index is 12.9. The molecule has 3 amide bonds. The monoisotopic (exact) mass is 461 g/mol. The summed E-state index contributed by atoms with van der Waals surface area (Å²) in [5, 5.41) is 5.36. The molecule has 1 atom stereocenters. The summed E-state index contributed by atoms with van der Waals surface area (Å²) in [4.78, 5) is 30.9. The number of alkyl halides is 3. The van der Waals surface area contributed by atoms with Gasteiger partial charge in [0.2, 0.25) is 5.91 Å². The van der Waals surface area contributed by atoms with E-state index in [9.17, 15) is 22.8 Å². The molecule has 2 fully saturated rings. The number of piperazine rings is 2. The van der Waals surface area contributed by atoms with Crippen LogP contribution in [0.25, 0.3) is 0 Å². The second kappa shape index (κ2) is 9.62. The highest BCUT2D eigenvalue weighted by Gasteiger charge is 2.34. The van der Waals surface area contributed by atoms with Crippen LogP contribution in [-0.4, -0.2) is 84.5 Å². The van der Waals surface area contributed by atoms with Crippen LogP contribution in [0.3, 0.4) is 0 Å². The van der Waals surface area contributed by atoms with Crippen molar-refractivity contribution in [2.24, 2.45) is 0 Å². The van der Waals surface area contributed by atoms with E-state index in [1.54, 1.807) is 4.90 Å². The van der Waals surface area contributed by atoms with Crippen LogP contribution in [0.5, 0.6) is 0 Å². The van der Waals surface area contributed by atoms with Gasteiger partial charge in [-0.1, -0.05) is 11.6 Å². The van der Waals surface area contributed by atoms with Crippen LogP contribution in [0.15, 0.2) is 18.2 Å². The number of urea groups is 1. The zero-order valence-electron chi connectivity index (χ0n) is 17.5. The molecule has 0 saturated carbocycles. The Bertz CT molecular complexity index is 812. The molecule has 2 N–H and O–H groups in total. The Labute approximate surface area is 184 Å². The molecule has 0 unspecified atom stereocenters. The van der Waals surface area contributed by atoms with Crippen LogP contribution in [0.4, 0.5) is 23.7 Å². The van der Waals surface area contributed by atoms with E-state index in [2.05, 4.69) is 29.4 Å². The fourth-order valence-corrected chi connectivity index (χ4v) is 4.07. The van der Waals surface area contributed by atoms with E-state index in [0.717, 1.165) is 25.2 Å². The summed E-state index contributed by atoms with van der Waals surface area (Å²) in [6, 6.07) is 2.76. The smallest absolute Gasteiger partial charge is 0.338 e. The van der Waals surface area contributed by atoms with Gasteiger partial charge >= 0.3 is 12.2 Å². The summed E-state index contributed by atoms with van der Waals surface area (Å²) in [5.74, 6) is 0.0277. The maximum Gasteiger partial charge on any atom is 0.417 e. The van der Waals surface area contributed by atoms with Crippen molar-refractivity contribution in [1.29, 1.82) is 0 Å². The van der Waals surface area contributed by atoms with Crippen molar-refractivity contribution < 1.29 is 22.8 Å². The highest BCUT2D eigenvalue weighted by molar-refractivity contribution is 6.31. The van der Waals surface area contributed by atoms with Crippen LogP contribution in [0, 0.1) is 0 Å². The van der Waals surface area contributed by atoms with E-state index in [1.165, 1.54) is 11.0 Å². The third-order valence-corrected chi connectivity index (χ3v) is 5.95. The molecule has 0 spiro atoms. The Morgan fingerprint density at radius 3 is 2.35 bits per heavy atom. The van der Waals surface area contributed by atoms with E-state index >= 15 is 0 Å². The van der Waals surface area contributed by atoms with Crippen molar-refractivity contribution in [3.8, 4) is 0 Å². The molecular formula is C20H27ClF3N5O2. The molecule has 1 aromatic carbocycles. The molecule has 0 bridgehead atoms. The van der Waals surface area contributed by atoms with Crippen molar-refractivity contribution in [1.82, 2.24) is 20.0 Å². The Balaban J connectivity index is 1.52. The average molecular weight is 462 g/mol. The molecule has 0 radical (unpaired) electrons. The molecule has 2 saturated heterocycles. The van der Waals surface area contributed by atoms with Gasteiger partial charge in [-0.3, -0.25) is 9.69 Å². The zero-order valence-corrected chi connectivity index (χ0v) is 18.3. The number of nitrogens with one attached hydrogen (secondary N) is 2. The first-order chi connectivity index (χ1) is 14.6. The van der Waals surface area contributed by atoms with Crippen molar-refractivity contribution in [3.05, 3.63) is 28.8 Å². The zero-order chi connectivity index (χ0) is 22.8. The maximum atomic E-state index is 12.9. The number of rotatable bonds is 3. The molecule has 0 aliphatic carbocycles. The minimum absolute atomic E-state index is 0.0277. The van der Waals surface area contributed by atoms with E-state index in [0.29, 0.717) is 38.8 Å². The van der Waals surface area contributed by atoms with Crippen LogP contribution in [0.2, 0.25) is 5.02 Å². The van der Waals surface area contributed by atoms with Gasteiger partial charge in [-0.05, 0) is 32.0 Å². The summed E-state index contributed by atoms with van der Waals surface area (Å²) in [6.45, 7) is 8.02. The Morgan fingerprint density at radius 2 is 1.77 bits per heavy atom. The first-order valence-corrected chi connectivity index (χ1v) is 10.6. The third-order valence-electron chi connectivity index (χ3n) is 5.64. The first kappa shape index (κ1) is 23.6. The predicted molar refractivity (Wildman–Crippen MR) is 112 cm³/mol. The molecule has 0 aromatic heterocycles. The minimum atomic E-state index is -4.55. The number of benzene rings is 1. The lowest BCUT2D eigenvalue weighted by molar-refractivity contribution is -0.137. The van der Waals surface area contributed by atoms with Gasteiger partial charge in [0.1, 0.15) is 0 Å². The second-order valence-corrected chi connectivity index (χ2v) is 8.44. The van der Waals surface area contributed by atoms with Crippen molar-refractivity contribution in [2.45, 2.75) is 32.1 Å². The summed E-state index contributed by atoms with van der Waals surface area (Å²) >= 11 is 5.70. The van der Waals surface area contributed by atoms with E-state index < -0.39 is 22.8 Å². The Hall–Kier alpha value is -2.04. The van der Waals surface area contributed by atoms with Gasteiger partial charge < -0.3 is 20.4 Å². The van der Waals surface area contributed by atoms with Crippen molar-refractivity contribution in [3.63, 3.8) is 0 Å². The number of amides is 3. The van der Waals surface area contributed by atoms with Gasteiger partial charge in [-0.15, -0.1) is 0 Å². The fourth-order valence-electron chi connectivity index (χ4n) is 3.78. The average Bonchev–Trinajstić information content (AvgIpc) is 2.72. The largest absolute Gasteiger partial charge is 0.417 e. The van der Waals surface area contributed by atoms with Crippen molar-refractivity contribution in [2.75, 3.05) is 51.1 Å². The van der Waals surface area contributed by atoms with Gasteiger partial charge in [-0.2, -0.15) is 13.2 Å². The molecular weight excluding hydrogens is 435 g/mol. The van der Waals surface area contributed by atoms with Gasteiger partial charge in [0.05, 0.1) is 16.6 Å². The lowest BCUT2D eigenvalue weighted by Crippen LogP contribution is -2.61. The number of carbonyl (C=O) groups excluding carboxylic acids is 2. The van der Waals surface area contributed by atoms with Gasteiger partial charge in [-0.25, -0.2) is 4.79 Å². The van der Waals surface area contributed by atoms with Crippen molar-refractivity contribution >= 4 is 29.2 Å². The lowest BCUT2D eigenvalue weighted by atomic mass is 10.1. The quantitative estimate of drug-likeness (QED) is 0.726. The fraction of sp³-hybridized carbons (Fsp3) is 0.600. The molecule has 2 aliphatic rings. The van der Waals surface area contributed by atoms with Gasteiger partial charge in [0, 0.05) is 57.5 Å². The predicted octanol–water partition coefficient (Wildman–Crippen LogP) is 2.72. The van der Waals surface area contributed by atoms with Crippen LogP contribution in [0.1, 0.15) is 19.4 Å². The SMILES string of the molecule is CC(C)N1CCN[C@@H](C(=O)N2CCN(C(=O)Nc3ccc(C(F)(F)F)c(Cl)c3)CC2)C1. The Morgan fingerprint density at radius 1 is 1.13 bits per heavy atom. The number of hydrogen-bond donors (Lipinski definition) is 2. The number of halogens is 4. The highest BCUT2D eigenvalue weighted by atomic mass is 35.5. The van der Waals surface area contributed by atoms with Gasteiger partial charge in [0.15, 0.2) is 0 Å². The first-order valence-electron chi connectivity index (χ1n) is 10.2. The number of anilines is 1. The van der Waals surface area contributed by atoms with E-state index in [4.69, 9.17) is 11.6 Å². The summed E-state index contributed by atoms with van der Waals surface area (Å²) in [5.41, 5.74) is -0.770. The summed E-state index contributed by atoms with van der Waals surface area (Å²) in [7, 11) is 0. The van der Waals surface area contributed by atoms with Crippen LogP contribution < -0.4 is 10.6 Å². The molecule has 2 heterocycles. The molecule has 1 aromatic rings. The normalized spacial score (nSPS) is 20.8. The molecule has 31 heavy (non-hydrogen) atoms. The number of carbonyl (C=O) groups is 2. The molecule has 3 rings (SSSR count). The number of nitrogens with zero attached hydrogens (tertiary/aromatic N) is 3. The Kier molecular flexibility index (Phi) is 7.33. The van der Waals surface area contributed by atoms with E-state index in [1.807, 2.05) is 0 Å². The molecule has 172 valence electrons. The third kappa shape index (κ3) is 5.81. The summed E-state index contributed by atoms with van der Waals surface area (Å²) in [6.07, 6.45) is -4.55. The lowest BCUT2D eigenvalue weighted by Gasteiger charge is -2.40. The van der Waals surface area contributed by atoms with Gasteiger partial charge in [0.25, 0.3) is 0 Å². The molecule has 11 heteroatoms. The van der Waals surface area contributed by atoms with E-state index in [-0.39, 0.29) is 17.6 Å². The molecule has 7 nitrogen and oxygen atoms in total. The van der Waals surface area contributed by atoms with Crippen LogP contribution >= 0.6 is 11.6 Å². The topological polar surface area (TPSA) is 67.9 Å².